The Hall–Kier alpha value is -3.32. The molecule has 0 aliphatic rings. The number of carboxylic acids is 1. The van der Waals surface area contributed by atoms with Crippen molar-refractivity contribution in [3.8, 4) is 28.6 Å². The Balaban J connectivity index is 1.72. The zero-order chi connectivity index (χ0) is 22.8. The van der Waals surface area contributed by atoms with Crippen LogP contribution in [0, 0.1) is 0 Å². The molecule has 32 heavy (non-hydrogen) atoms. The van der Waals surface area contributed by atoms with E-state index in [4.69, 9.17) is 26.0 Å². The molecule has 0 bridgehead atoms. The maximum Gasteiger partial charge on any atom is 0.303 e. The maximum absolute atomic E-state index is 11.1. The fourth-order valence-corrected chi connectivity index (χ4v) is 3.96. The van der Waals surface area contributed by atoms with E-state index in [2.05, 4.69) is 14.7 Å². The van der Waals surface area contributed by atoms with Gasteiger partial charge in [0, 0.05) is 35.7 Å². The first-order chi connectivity index (χ1) is 15.4. The number of aryl methyl sites for hydroxylation is 2. The number of ether oxygens (including phenoxy) is 1. The standard InChI is InChI=1S/C24H24ClN3O4/c1-4-28-13-16(9-11-21(29)30)17-6-5-7-18(22(17)28)23-26-24(32-27-23)15-8-10-20(19(25)12-15)31-14(2)3/h5-8,10,12-14H,4,9,11H2,1-3H3,(H,29,30). The van der Waals surface area contributed by atoms with Crippen molar-refractivity contribution in [3.05, 3.63) is 53.2 Å². The SMILES string of the molecule is CCn1cc(CCC(=O)O)c2cccc(-c3noc(-c4ccc(OC(C)C)c(Cl)c4)n3)c21. The monoisotopic (exact) mass is 453 g/mol. The molecule has 0 saturated carbocycles. The summed E-state index contributed by atoms with van der Waals surface area (Å²) in [5.41, 5.74) is 3.47. The van der Waals surface area contributed by atoms with Crippen LogP contribution < -0.4 is 4.74 Å². The summed E-state index contributed by atoms with van der Waals surface area (Å²) in [6.07, 6.45) is 2.56. The number of carbonyl (C=O) groups is 1. The summed E-state index contributed by atoms with van der Waals surface area (Å²) in [6, 6.07) is 11.2. The summed E-state index contributed by atoms with van der Waals surface area (Å²) >= 11 is 6.36. The summed E-state index contributed by atoms with van der Waals surface area (Å²) in [7, 11) is 0. The third kappa shape index (κ3) is 4.34. The van der Waals surface area contributed by atoms with Crippen LogP contribution in [0.4, 0.5) is 0 Å². The molecule has 2 aromatic heterocycles. The number of rotatable bonds is 8. The molecule has 0 aliphatic carbocycles. The molecule has 0 aliphatic heterocycles. The van der Waals surface area contributed by atoms with Gasteiger partial charge in [-0.3, -0.25) is 4.79 Å². The number of aliphatic carboxylic acids is 1. The topological polar surface area (TPSA) is 90.4 Å². The van der Waals surface area contributed by atoms with Gasteiger partial charge in [0.15, 0.2) is 0 Å². The molecule has 0 spiro atoms. The molecular weight excluding hydrogens is 430 g/mol. The number of nitrogens with zero attached hydrogens (tertiary/aromatic N) is 3. The second-order valence-electron chi connectivity index (χ2n) is 7.77. The predicted molar refractivity (Wildman–Crippen MR) is 123 cm³/mol. The van der Waals surface area contributed by atoms with Crippen molar-refractivity contribution in [2.24, 2.45) is 0 Å². The van der Waals surface area contributed by atoms with E-state index in [0.29, 0.717) is 34.5 Å². The van der Waals surface area contributed by atoms with E-state index in [1.54, 1.807) is 12.1 Å². The van der Waals surface area contributed by atoms with Gasteiger partial charge in [-0.05, 0) is 57.0 Å². The van der Waals surface area contributed by atoms with E-state index in [0.717, 1.165) is 28.6 Å². The molecule has 0 radical (unpaired) electrons. The van der Waals surface area contributed by atoms with Gasteiger partial charge < -0.3 is 18.9 Å². The summed E-state index contributed by atoms with van der Waals surface area (Å²) in [4.78, 5) is 15.7. The lowest BCUT2D eigenvalue weighted by molar-refractivity contribution is -0.136. The molecule has 8 heteroatoms. The van der Waals surface area contributed by atoms with Crippen molar-refractivity contribution in [3.63, 3.8) is 0 Å². The third-order valence-electron chi connectivity index (χ3n) is 5.14. The van der Waals surface area contributed by atoms with Gasteiger partial charge in [-0.1, -0.05) is 28.9 Å². The molecule has 2 aromatic carbocycles. The van der Waals surface area contributed by atoms with Gasteiger partial charge in [0.05, 0.1) is 16.6 Å². The van der Waals surface area contributed by atoms with Crippen molar-refractivity contribution < 1.29 is 19.2 Å². The zero-order valence-electron chi connectivity index (χ0n) is 18.1. The number of benzene rings is 2. The number of fused-ring (bicyclic) bond motifs is 1. The van der Waals surface area contributed by atoms with Crippen molar-refractivity contribution in [1.29, 1.82) is 0 Å². The highest BCUT2D eigenvalue weighted by atomic mass is 35.5. The van der Waals surface area contributed by atoms with Crippen LogP contribution in [-0.2, 0) is 17.8 Å². The van der Waals surface area contributed by atoms with Crippen LogP contribution in [0.1, 0.15) is 32.8 Å². The highest BCUT2D eigenvalue weighted by molar-refractivity contribution is 6.32. The van der Waals surface area contributed by atoms with Gasteiger partial charge in [-0.15, -0.1) is 0 Å². The summed E-state index contributed by atoms with van der Waals surface area (Å²) in [6.45, 7) is 6.66. The van der Waals surface area contributed by atoms with Crippen molar-refractivity contribution in [1.82, 2.24) is 14.7 Å². The van der Waals surface area contributed by atoms with Gasteiger partial charge in [-0.2, -0.15) is 4.98 Å². The smallest absolute Gasteiger partial charge is 0.303 e. The number of halogens is 1. The molecule has 0 unspecified atom stereocenters. The Labute approximate surface area is 190 Å². The minimum absolute atomic E-state index is 0.0176. The Bertz CT molecular complexity index is 1280. The summed E-state index contributed by atoms with van der Waals surface area (Å²) in [5.74, 6) is 0.604. The molecule has 0 amide bonds. The van der Waals surface area contributed by atoms with Gasteiger partial charge in [0.2, 0.25) is 5.82 Å². The molecule has 1 N–H and O–H groups in total. The van der Waals surface area contributed by atoms with E-state index >= 15 is 0 Å². The second-order valence-corrected chi connectivity index (χ2v) is 8.18. The van der Waals surface area contributed by atoms with E-state index in [1.165, 1.54) is 0 Å². The normalized spacial score (nSPS) is 11.4. The molecule has 0 atom stereocenters. The first-order valence-corrected chi connectivity index (χ1v) is 10.9. The Morgan fingerprint density at radius 2 is 2.09 bits per heavy atom. The molecule has 0 saturated heterocycles. The summed E-state index contributed by atoms with van der Waals surface area (Å²) in [5, 5.41) is 14.8. The summed E-state index contributed by atoms with van der Waals surface area (Å²) < 4.78 is 13.3. The first-order valence-electron chi connectivity index (χ1n) is 10.5. The van der Waals surface area contributed by atoms with E-state index in [1.807, 2.05) is 51.2 Å². The van der Waals surface area contributed by atoms with Gasteiger partial charge in [0.25, 0.3) is 5.89 Å². The second kappa shape index (κ2) is 9.04. The minimum Gasteiger partial charge on any atom is -0.489 e. The Morgan fingerprint density at radius 1 is 1.28 bits per heavy atom. The van der Waals surface area contributed by atoms with Crippen LogP contribution in [0.2, 0.25) is 5.02 Å². The van der Waals surface area contributed by atoms with Crippen LogP contribution in [-0.4, -0.2) is 31.9 Å². The van der Waals surface area contributed by atoms with Crippen LogP contribution >= 0.6 is 11.6 Å². The van der Waals surface area contributed by atoms with Crippen LogP contribution in [0.15, 0.2) is 47.1 Å². The van der Waals surface area contributed by atoms with Gasteiger partial charge >= 0.3 is 5.97 Å². The van der Waals surface area contributed by atoms with E-state index < -0.39 is 5.97 Å². The Morgan fingerprint density at radius 3 is 2.78 bits per heavy atom. The highest BCUT2D eigenvalue weighted by Gasteiger charge is 2.18. The average Bonchev–Trinajstić information content (AvgIpc) is 3.38. The number of aromatic nitrogens is 3. The van der Waals surface area contributed by atoms with Crippen molar-refractivity contribution in [2.75, 3.05) is 0 Å². The third-order valence-corrected chi connectivity index (χ3v) is 5.43. The first kappa shape index (κ1) is 21.9. The lowest BCUT2D eigenvalue weighted by atomic mass is 10.1. The van der Waals surface area contributed by atoms with Crippen LogP contribution in [0.5, 0.6) is 5.75 Å². The highest BCUT2D eigenvalue weighted by Crippen LogP contribution is 2.34. The fraction of sp³-hybridized carbons (Fsp3) is 0.292. The lowest BCUT2D eigenvalue weighted by Gasteiger charge is -2.11. The maximum atomic E-state index is 11.1. The quantitative estimate of drug-likeness (QED) is 0.360. The number of carboxylic acid groups (broad SMARTS) is 1. The van der Waals surface area contributed by atoms with Crippen LogP contribution in [0.3, 0.4) is 0 Å². The number of para-hydroxylation sites is 1. The number of hydrogen-bond acceptors (Lipinski definition) is 5. The molecule has 2 heterocycles. The predicted octanol–water partition coefficient (Wildman–Crippen LogP) is 5.84. The number of hydrogen-bond donors (Lipinski definition) is 1. The van der Waals surface area contributed by atoms with Crippen LogP contribution in [0.25, 0.3) is 33.7 Å². The van der Waals surface area contributed by atoms with Crippen molar-refractivity contribution in [2.45, 2.75) is 46.3 Å². The Kier molecular flexibility index (Phi) is 6.19. The van der Waals surface area contributed by atoms with Crippen molar-refractivity contribution >= 4 is 28.5 Å². The average molecular weight is 454 g/mol. The minimum atomic E-state index is -0.815. The van der Waals surface area contributed by atoms with Gasteiger partial charge in [-0.25, -0.2) is 0 Å². The fourth-order valence-electron chi connectivity index (χ4n) is 3.74. The lowest BCUT2D eigenvalue weighted by Crippen LogP contribution is -2.05. The van der Waals surface area contributed by atoms with Gasteiger partial charge in [0.1, 0.15) is 5.75 Å². The molecule has 7 nitrogen and oxygen atoms in total. The van der Waals surface area contributed by atoms with E-state index in [-0.39, 0.29) is 12.5 Å². The zero-order valence-corrected chi connectivity index (χ0v) is 18.9. The largest absolute Gasteiger partial charge is 0.489 e. The molecule has 0 fully saturated rings. The molecule has 4 rings (SSSR count). The molecular formula is C24H24ClN3O4. The molecule has 4 aromatic rings. The van der Waals surface area contributed by atoms with E-state index in [9.17, 15) is 4.79 Å². The molecule has 166 valence electrons.